The van der Waals surface area contributed by atoms with Gasteiger partial charge in [-0.1, -0.05) is 12.1 Å². The van der Waals surface area contributed by atoms with Crippen molar-refractivity contribution in [2.45, 2.75) is 19.4 Å². The van der Waals surface area contributed by atoms with Crippen molar-refractivity contribution >= 4 is 22.2 Å². The molecule has 0 aliphatic rings. The Morgan fingerprint density at radius 2 is 2.12 bits per heavy atom. The third-order valence-corrected chi connectivity index (χ3v) is 4.83. The molecule has 25 heavy (non-hydrogen) atoms. The van der Waals surface area contributed by atoms with Gasteiger partial charge < -0.3 is 9.88 Å². The summed E-state index contributed by atoms with van der Waals surface area (Å²) >= 11 is 1.56. The Morgan fingerprint density at radius 3 is 2.84 bits per heavy atom. The molecular formula is C18H17N5OS. The van der Waals surface area contributed by atoms with Gasteiger partial charge in [-0.2, -0.15) is 0 Å². The van der Waals surface area contributed by atoms with Gasteiger partial charge in [-0.25, -0.2) is 9.97 Å². The maximum Gasteiger partial charge on any atom is 0.226 e. The minimum Gasteiger partial charge on any atom is -0.349 e. The van der Waals surface area contributed by atoms with Crippen molar-refractivity contribution in [3.63, 3.8) is 0 Å². The van der Waals surface area contributed by atoms with Crippen LogP contribution in [0.4, 0.5) is 0 Å². The standard InChI is InChI=1S/C18H17N5OS/c1-13(14-2-4-16(5-3-14)23-7-6-19-12-23)20-17(24)10-15-11-22-8-9-25-18(22)21-15/h2-9,11-13H,10H2,1H3,(H,20,24)/t13-/m0/s1. The molecular weight excluding hydrogens is 334 g/mol. The smallest absolute Gasteiger partial charge is 0.226 e. The number of nitrogens with one attached hydrogen (secondary N) is 1. The Labute approximate surface area is 148 Å². The van der Waals surface area contributed by atoms with E-state index in [0.29, 0.717) is 0 Å². The lowest BCUT2D eigenvalue weighted by Gasteiger charge is -2.14. The van der Waals surface area contributed by atoms with E-state index in [1.54, 1.807) is 23.9 Å². The zero-order valence-corrected chi connectivity index (χ0v) is 14.5. The normalized spacial score (nSPS) is 12.4. The van der Waals surface area contributed by atoms with E-state index < -0.39 is 0 Å². The van der Waals surface area contributed by atoms with Crippen molar-refractivity contribution < 1.29 is 4.79 Å². The molecule has 1 N–H and O–H groups in total. The van der Waals surface area contributed by atoms with E-state index in [0.717, 1.165) is 21.9 Å². The van der Waals surface area contributed by atoms with E-state index >= 15 is 0 Å². The summed E-state index contributed by atoms with van der Waals surface area (Å²) in [6, 6.07) is 8.01. The quantitative estimate of drug-likeness (QED) is 0.601. The topological polar surface area (TPSA) is 64.2 Å². The third kappa shape index (κ3) is 3.32. The number of rotatable bonds is 5. The fraction of sp³-hybridized carbons (Fsp3) is 0.167. The first-order valence-electron chi connectivity index (χ1n) is 7.98. The second-order valence-corrected chi connectivity index (χ2v) is 6.73. The van der Waals surface area contributed by atoms with E-state index in [1.165, 1.54) is 0 Å². The molecule has 4 aromatic rings. The summed E-state index contributed by atoms with van der Waals surface area (Å²) in [6.45, 7) is 1.98. The summed E-state index contributed by atoms with van der Waals surface area (Å²) < 4.78 is 3.88. The lowest BCUT2D eigenvalue weighted by molar-refractivity contribution is -0.121. The second kappa shape index (κ2) is 6.52. The Morgan fingerprint density at radius 1 is 1.28 bits per heavy atom. The largest absolute Gasteiger partial charge is 0.349 e. The maximum atomic E-state index is 12.3. The third-order valence-electron chi connectivity index (χ3n) is 4.06. The lowest BCUT2D eigenvalue weighted by atomic mass is 10.1. The molecule has 1 aromatic carbocycles. The minimum absolute atomic E-state index is 0.0306. The van der Waals surface area contributed by atoms with Gasteiger partial charge in [0.05, 0.1) is 24.5 Å². The molecule has 1 atom stereocenters. The van der Waals surface area contributed by atoms with Crippen LogP contribution in [0.2, 0.25) is 0 Å². The summed E-state index contributed by atoms with van der Waals surface area (Å²) in [4.78, 5) is 21.7. The first-order valence-corrected chi connectivity index (χ1v) is 8.86. The molecule has 3 heterocycles. The van der Waals surface area contributed by atoms with E-state index in [4.69, 9.17) is 0 Å². The highest BCUT2D eigenvalue weighted by Gasteiger charge is 2.12. The van der Waals surface area contributed by atoms with Crippen molar-refractivity contribution in [3.05, 3.63) is 72.0 Å². The van der Waals surface area contributed by atoms with Crippen LogP contribution in [-0.2, 0) is 11.2 Å². The summed E-state index contributed by atoms with van der Waals surface area (Å²) in [5.41, 5.74) is 2.88. The van der Waals surface area contributed by atoms with Crippen molar-refractivity contribution in [1.29, 1.82) is 0 Å². The molecule has 0 aliphatic carbocycles. The van der Waals surface area contributed by atoms with Crippen LogP contribution in [0.25, 0.3) is 10.6 Å². The maximum absolute atomic E-state index is 12.3. The van der Waals surface area contributed by atoms with Crippen LogP contribution < -0.4 is 5.32 Å². The molecule has 3 aromatic heterocycles. The Hall–Kier alpha value is -2.93. The molecule has 0 unspecified atom stereocenters. The van der Waals surface area contributed by atoms with Crippen molar-refractivity contribution in [3.8, 4) is 5.69 Å². The summed E-state index contributed by atoms with van der Waals surface area (Å²) in [5.74, 6) is -0.0306. The van der Waals surface area contributed by atoms with Gasteiger partial charge in [0.1, 0.15) is 0 Å². The average molecular weight is 351 g/mol. The van der Waals surface area contributed by atoms with Gasteiger partial charge in [-0.15, -0.1) is 11.3 Å². The zero-order chi connectivity index (χ0) is 17.2. The molecule has 0 bridgehead atoms. The van der Waals surface area contributed by atoms with Crippen LogP contribution in [0.15, 0.2) is 60.8 Å². The molecule has 7 heteroatoms. The van der Waals surface area contributed by atoms with Crippen molar-refractivity contribution in [2.75, 3.05) is 0 Å². The molecule has 0 saturated carbocycles. The number of thiazole rings is 1. The van der Waals surface area contributed by atoms with Crippen LogP contribution in [0.5, 0.6) is 0 Å². The highest BCUT2D eigenvalue weighted by atomic mass is 32.1. The van der Waals surface area contributed by atoms with Gasteiger partial charge >= 0.3 is 0 Å². The van der Waals surface area contributed by atoms with Crippen LogP contribution in [0, 0.1) is 0 Å². The molecule has 6 nitrogen and oxygen atoms in total. The van der Waals surface area contributed by atoms with E-state index in [-0.39, 0.29) is 18.4 Å². The Bertz CT molecular complexity index is 956. The first kappa shape index (κ1) is 15.6. The number of carbonyl (C=O) groups excluding carboxylic acids is 1. The molecule has 126 valence electrons. The Kier molecular flexibility index (Phi) is 4.07. The molecule has 0 fully saturated rings. The molecule has 0 radical (unpaired) electrons. The van der Waals surface area contributed by atoms with Gasteiger partial charge in [0.2, 0.25) is 5.91 Å². The number of nitrogens with zero attached hydrogens (tertiary/aromatic N) is 4. The van der Waals surface area contributed by atoms with E-state index in [2.05, 4.69) is 15.3 Å². The van der Waals surface area contributed by atoms with E-state index in [9.17, 15) is 4.79 Å². The second-order valence-electron chi connectivity index (χ2n) is 5.85. The fourth-order valence-electron chi connectivity index (χ4n) is 2.75. The highest BCUT2D eigenvalue weighted by molar-refractivity contribution is 7.15. The average Bonchev–Trinajstić information content (AvgIpc) is 3.32. The summed E-state index contributed by atoms with van der Waals surface area (Å²) in [5, 5.41) is 5.01. The van der Waals surface area contributed by atoms with Crippen LogP contribution in [-0.4, -0.2) is 24.8 Å². The van der Waals surface area contributed by atoms with Crippen molar-refractivity contribution in [1.82, 2.24) is 24.3 Å². The van der Waals surface area contributed by atoms with Gasteiger partial charge in [0.15, 0.2) is 4.96 Å². The Balaban J connectivity index is 1.39. The molecule has 0 aliphatic heterocycles. The zero-order valence-electron chi connectivity index (χ0n) is 13.7. The van der Waals surface area contributed by atoms with Crippen LogP contribution in [0.3, 0.4) is 0 Å². The number of imidazole rings is 2. The van der Waals surface area contributed by atoms with Gasteiger partial charge in [-0.3, -0.25) is 9.20 Å². The first-order chi connectivity index (χ1) is 12.2. The number of aromatic nitrogens is 4. The molecule has 0 spiro atoms. The highest BCUT2D eigenvalue weighted by Crippen LogP contribution is 2.16. The molecule has 4 rings (SSSR count). The number of amides is 1. The van der Waals surface area contributed by atoms with Crippen LogP contribution in [0.1, 0.15) is 24.2 Å². The van der Waals surface area contributed by atoms with Crippen LogP contribution >= 0.6 is 11.3 Å². The number of hydrogen-bond acceptors (Lipinski definition) is 4. The fourth-order valence-corrected chi connectivity index (χ4v) is 3.47. The minimum atomic E-state index is -0.0620. The SMILES string of the molecule is C[C@H](NC(=O)Cc1cn2ccsc2n1)c1ccc(-n2ccnc2)cc1. The van der Waals surface area contributed by atoms with Gasteiger partial charge in [0, 0.05) is 35.9 Å². The number of hydrogen-bond donors (Lipinski definition) is 1. The number of fused-ring (bicyclic) bond motifs is 1. The molecule has 0 saturated heterocycles. The summed E-state index contributed by atoms with van der Waals surface area (Å²) in [6.07, 6.45) is 9.53. The predicted molar refractivity (Wildman–Crippen MR) is 96.9 cm³/mol. The monoisotopic (exact) mass is 351 g/mol. The van der Waals surface area contributed by atoms with Gasteiger partial charge in [0.25, 0.3) is 0 Å². The number of carbonyl (C=O) groups is 1. The predicted octanol–water partition coefficient (Wildman–Crippen LogP) is 3.00. The summed E-state index contributed by atoms with van der Waals surface area (Å²) in [7, 11) is 0. The molecule has 1 amide bonds. The number of benzene rings is 1. The van der Waals surface area contributed by atoms with Crippen molar-refractivity contribution in [2.24, 2.45) is 0 Å². The lowest BCUT2D eigenvalue weighted by Crippen LogP contribution is -2.28. The van der Waals surface area contributed by atoms with Gasteiger partial charge in [-0.05, 0) is 24.6 Å². The van der Waals surface area contributed by atoms with E-state index in [1.807, 2.05) is 64.1 Å².